The van der Waals surface area contributed by atoms with Crippen LogP contribution in [0.3, 0.4) is 0 Å². The molecule has 2 heterocycles. The van der Waals surface area contributed by atoms with Crippen LogP contribution in [0.15, 0.2) is 46.6 Å². The maximum absolute atomic E-state index is 13.5. The zero-order chi connectivity index (χ0) is 21.1. The largest absolute Gasteiger partial charge is 0.383 e. The summed E-state index contributed by atoms with van der Waals surface area (Å²) >= 11 is 6.14. The maximum atomic E-state index is 13.5. The van der Waals surface area contributed by atoms with E-state index in [2.05, 4.69) is 23.2 Å². The number of amidine groups is 1. The van der Waals surface area contributed by atoms with Crippen LogP contribution in [-0.4, -0.2) is 23.5 Å². The Labute approximate surface area is 179 Å². The van der Waals surface area contributed by atoms with Gasteiger partial charge in [0.1, 0.15) is 5.84 Å². The van der Waals surface area contributed by atoms with Crippen molar-refractivity contribution in [1.29, 1.82) is 0 Å². The highest BCUT2D eigenvalue weighted by atomic mass is 35.5. The van der Waals surface area contributed by atoms with Gasteiger partial charge in [-0.1, -0.05) is 30.7 Å². The van der Waals surface area contributed by atoms with Crippen molar-refractivity contribution in [1.82, 2.24) is 4.98 Å². The average Bonchev–Trinajstić information content (AvgIpc) is 3.21. The Morgan fingerprint density at radius 2 is 2.03 bits per heavy atom. The summed E-state index contributed by atoms with van der Waals surface area (Å²) in [5, 5.41) is 0.569. The standard InChI is InChI=1S/C23H23ClF2N4/c1-13-8-22(5-4-18(13)21(25)26)9-15-3-2-14(16-6-17(24)11-28-10-16)7-19(15)23(22)29-12-20(27)30-23/h2-3,6-7,10-13,18,21H,4-5,8-9H2,1H3,(H2,27,30). The van der Waals surface area contributed by atoms with Gasteiger partial charge in [0.05, 0.1) is 11.2 Å². The van der Waals surface area contributed by atoms with Gasteiger partial charge in [0.2, 0.25) is 6.43 Å². The molecule has 30 heavy (non-hydrogen) atoms. The Kier molecular flexibility index (Phi) is 4.47. The number of fused-ring (bicyclic) bond motifs is 3. The fourth-order valence-electron chi connectivity index (χ4n) is 5.82. The molecular formula is C23H23ClF2N4. The minimum Gasteiger partial charge on any atom is -0.383 e. The van der Waals surface area contributed by atoms with Crippen LogP contribution in [-0.2, 0) is 12.1 Å². The summed E-state index contributed by atoms with van der Waals surface area (Å²) in [6, 6.07) is 8.13. The lowest BCUT2D eigenvalue weighted by Crippen LogP contribution is -2.45. The van der Waals surface area contributed by atoms with E-state index in [-0.39, 0.29) is 11.3 Å². The summed E-state index contributed by atoms with van der Waals surface area (Å²) in [6.07, 6.45) is 5.26. The summed E-state index contributed by atoms with van der Waals surface area (Å²) in [4.78, 5) is 13.9. The molecular weight excluding hydrogens is 406 g/mol. The second kappa shape index (κ2) is 6.84. The van der Waals surface area contributed by atoms with Crippen molar-refractivity contribution in [3.05, 3.63) is 52.8 Å². The number of aromatic nitrogens is 1. The molecule has 4 nitrogen and oxygen atoms in total. The molecule has 0 radical (unpaired) electrons. The molecule has 4 atom stereocenters. The van der Waals surface area contributed by atoms with Crippen molar-refractivity contribution >= 4 is 23.7 Å². The van der Waals surface area contributed by atoms with Crippen molar-refractivity contribution in [3.63, 3.8) is 0 Å². The quantitative estimate of drug-likeness (QED) is 0.710. The van der Waals surface area contributed by atoms with Gasteiger partial charge in [-0.25, -0.2) is 13.8 Å². The lowest BCUT2D eigenvalue weighted by molar-refractivity contribution is -0.0329. The number of alkyl halides is 2. The third-order valence-electron chi connectivity index (χ3n) is 7.19. The first-order valence-electron chi connectivity index (χ1n) is 10.3. The Morgan fingerprint density at radius 3 is 2.70 bits per heavy atom. The predicted molar refractivity (Wildman–Crippen MR) is 115 cm³/mol. The first-order valence-corrected chi connectivity index (χ1v) is 10.6. The van der Waals surface area contributed by atoms with Crippen LogP contribution in [0.2, 0.25) is 5.02 Å². The molecule has 3 aliphatic rings. The lowest BCUT2D eigenvalue weighted by Gasteiger charge is -2.47. The van der Waals surface area contributed by atoms with Gasteiger partial charge in [0.25, 0.3) is 0 Å². The van der Waals surface area contributed by atoms with E-state index in [1.54, 1.807) is 18.6 Å². The van der Waals surface area contributed by atoms with Gasteiger partial charge in [-0.05, 0) is 54.9 Å². The van der Waals surface area contributed by atoms with E-state index in [4.69, 9.17) is 27.3 Å². The summed E-state index contributed by atoms with van der Waals surface area (Å²) in [5.41, 5.74) is 8.96. The molecule has 2 N–H and O–H groups in total. The van der Waals surface area contributed by atoms with Gasteiger partial charge in [-0.15, -0.1) is 0 Å². The normalized spacial score (nSPS) is 32.2. The highest BCUT2D eigenvalue weighted by Crippen LogP contribution is 2.63. The summed E-state index contributed by atoms with van der Waals surface area (Å²) in [5.74, 6) is -0.286. The van der Waals surface area contributed by atoms with Crippen molar-refractivity contribution < 1.29 is 8.78 Å². The van der Waals surface area contributed by atoms with E-state index in [0.29, 0.717) is 30.1 Å². The van der Waals surface area contributed by atoms with Crippen molar-refractivity contribution in [2.75, 3.05) is 0 Å². The highest BCUT2D eigenvalue weighted by Gasteiger charge is 2.61. The number of nitrogens with two attached hydrogens (primary N) is 1. The van der Waals surface area contributed by atoms with Crippen molar-refractivity contribution in [2.24, 2.45) is 33.0 Å². The van der Waals surface area contributed by atoms with Crippen molar-refractivity contribution in [2.45, 2.75) is 44.7 Å². The third kappa shape index (κ3) is 2.80. The third-order valence-corrected chi connectivity index (χ3v) is 7.40. The Morgan fingerprint density at radius 1 is 1.20 bits per heavy atom. The van der Waals surface area contributed by atoms with E-state index >= 15 is 0 Å². The van der Waals surface area contributed by atoms with E-state index in [9.17, 15) is 8.78 Å². The van der Waals surface area contributed by atoms with Crippen LogP contribution in [0.1, 0.15) is 37.3 Å². The first kappa shape index (κ1) is 19.6. The average molecular weight is 429 g/mol. The van der Waals surface area contributed by atoms with E-state index in [0.717, 1.165) is 28.7 Å². The number of hydrogen-bond donors (Lipinski definition) is 1. The van der Waals surface area contributed by atoms with Gasteiger partial charge >= 0.3 is 0 Å². The molecule has 1 aromatic carbocycles. The smallest absolute Gasteiger partial charge is 0.241 e. The summed E-state index contributed by atoms with van der Waals surface area (Å²) in [6.45, 7) is 1.93. The molecule has 0 saturated heterocycles. The number of halogens is 3. The summed E-state index contributed by atoms with van der Waals surface area (Å²) in [7, 11) is 0. The molecule has 0 bridgehead atoms. The zero-order valence-electron chi connectivity index (χ0n) is 16.7. The highest BCUT2D eigenvalue weighted by molar-refractivity contribution is 6.30. The molecule has 156 valence electrons. The molecule has 4 unspecified atom stereocenters. The number of benzene rings is 1. The minimum absolute atomic E-state index is 0.103. The minimum atomic E-state index is -2.29. The van der Waals surface area contributed by atoms with Crippen LogP contribution in [0.4, 0.5) is 8.78 Å². The van der Waals surface area contributed by atoms with E-state index in [1.807, 2.05) is 13.0 Å². The number of nitrogens with zero attached hydrogens (tertiary/aromatic N) is 3. The van der Waals surface area contributed by atoms with E-state index in [1.165, 1.54) is 0 Å². The fraction of sp³-hybridized carbons (Fsp3) is 0.435. The number of pyridine rings is 1. The molecule has 2 aromatic rings. The molecule has 1 fully saturated rings. The second-order valence-corrected chi connectivity index (χ2v) is 9.34. The molecule has 7 heteroatoms. The van der Waals surface area contributed by atoms with Crippen LogP contribution >= 0.6 is 11.6 Å². The molecule has 1 saturated carbocycles. The topological polar surface area (TPSA) is 63.6 Å². The molecule has 1 aromatic heterocycles. The Bertz CT molecular complexity index is 1070. The lowest BCUT2D eigenvalue weighted by atomic mass is 9.60. The zero-order valence-corrected chi connectivity index (χ0v) is 17.4. The monoisotopic (exact) mass is 428 g/mol. The molecule has 0 amide bonds. The number of aliphatic imine (C=N–C) groups is 2. The molecule has 5 rings (SSSR count). The van der Waals surface area contributed by atoms with Gasteiger partial charge in [-0.3, -0.25) is 9.98 Å². The van der Waals surface area contributed by atoms with Crippen LogP contribution in [0.25, 0.3) is 11.1 Å². The molecule has 2 spiro atoms. The second-order valence-electron chi connectivity index (χ2n) is 8.91. The first-order chi connectivity index (χ1) is 14.3. The maximum Gasteiger partial charge on any atom is 0.241 e. The van der Waals surface area contributed by atoms with Crippen LogP contribution in [0.5, 0.6) is 0 Å². The molecule has 1 aliphatic heterocycles. The van der Waals surface area contributed by atoms with Crippen molar-refractivity contribution in [3.8, 4) is 11.1 Å². The Balaban J connectivity index is 1.62. The summed E-state index contributed by atoms with van der Waals surface area (Å²) < 4.78 is 27.0. The SMILES string of the molecule is CC1CC2(CCC1C(F)F)Cc1ccc(-c3cncc(Cl)c3)cc1C21N=CC(N)=N1. The van der Waals surface area contributed by atoms with Crippen LogP contribution < -0.4 is 5.73 Å². The van der Waals surface area contributed by atoms with E-state index < -0.39 is 18.0 Å². The van der Waals surface area contributed by atoms with Gasteiger partial charge in [0, 0.05) is 34.9 Å². The number of hydrogen-bond acceptors (Lipinski definition) is 4. The van der Waals surface area contributed by atoms with Crippen LogP contribution in [0, 0.1) is 17.3 Å². The fourth-order valence-corrected chi connectivity index (χ4v) is 5.99. The number of rotatable bonds is 2. The van der Waals surface area contributed by atoms with Gasteiger partial charge < -0.3 is 5.73 Å². The van der Waals surface area contributed by atoms with Gasteiger partial charge in [0.15, 0.2) is 5.66 Å². The Hall–Kier alpha value is -2.34. The molecule has 2 aliphatic carbocycles. The van der Waals surface area contributed by atoms with Gasteiger partial charge in [-0.2, -0.15) is 0 Å². The predicted octanol–water partition coefficient (Wildman–Crippen LogP) is 5.24.